The lowest BCUT2D eigenvalue weighted by molar-refractivity contribution is -0.124. The third kappa shape index (κ3) is 6.39. The van der Waals surface area contributed by atoms with Gasteiger partial charge < -0.3 is 15.0 Å². The third-order valence-corrected chi connectivity index (χ3v) is 5.29. The molecule has 0 saturated carbocycles. The average molecular weight is 424 g/mol. The van der Waals surface area contributed by atoms with Crippen LogP contribution in [0, 0.1) is 17.8 Å². The van der Waals surface area contributed by atoms with Gasteiger partial charge >= 0.3 is 0 Å². The number of rotatable bonds is 5. The van der Waals surface area contributed by atoms with E-state index in [9.17, 15) is 9.90 Å². The molecule has 2 heterocycles. The topological polar surface area (TPSA) is 83.3 Å². The van der Waals surface area contributed by atoms with Crippen molar-refractivity contribution in [3.63, 3.8) is 0 Å². The number of hydrogen-bond acceptors (Lipinski definition) is 5. The maximum absolute atomic E-state index is 12.1. The molecule has 31 heavy (non-hydrogen) atoms. The molecule has 1 unspecified atom stereocenters. The van der Waals surface area contributed by atoms with Crippen molar-refractivity contribution in [3.8, 4) is 11.8 Å². The minimum absolute atomic E-state index is 0.0239. The van der Waals surface area contributed by atoms with Crippen molar-refractivity contribution in [3.05, 3.63) is 47.0 Å². The second kappa shape index (κ2) is 9.63. The number of fused-ring (bicyclic) bond motifs is 1. The predicted octanol–water partition coefficient (Wildman–Crippen LogP) is 2.29. The summed E-state index contributed by atoms with van der Waals surface area (Å²) < 4.78 is 2.15. The predicted molar refractivity (Wildman–Crippen MR) is 120 cm³/mol. The lowest BCUT2D eigenvalue weighted by Crippen LogP contribution is -2.32. The van der Waals surface area contributed by atoms with Gasteiger partial charge in [-0.1, -0.05) is 37.8 Å². The highest BCUT2D eigenvalue weighted by Crippen LogP contribution is 2.17. The fourth-order valence-electron chi connectivity index (χ4n) is 3.49. The van der Waals surface area contributed by atoms with Gasteiger partial charge in [-0.05, 0) is 38.5 Å². The van der Waals surface area contributed by atoms with E-state index in [1.807, 2.05) is 32.9 Å². The highest BCUT2D eigenvalue weighted by atomic mass is 16.3. The van der Waals surface area contributed by atoms with E-state index < -0.39 is 5.60 Å². The lowest BCUT2D eigenvalue weighted by atomic mass is 10.1. The van der Waals surface area contributed by atoms with Crippen LogP contribution in [0.5, 0.6) is 0 Å². The zero-order valence-electron chi connectivity index (χ0n) is 19.1. The fourth-order valence-corrected chi connectivity index (χ4v) is 3.49. The molecule has 1 amide bonds. The van der Waals surface area contributed by atoms with Gasteiger partial charge in [-0.2, -0.15) is 0 Å². The van der Waals surface area contributed by atoms with Crippen LogP contribution >= 0.6 is 0 Å². The maximum atomic E-state index is 12.1. The summed E-state index contributed by atoms with van der Waals surface area (Å²) in [6.07, 6.45) is 0.826. The van der Waals surface area contributed by atoms with Crippen LogP contribution in [0.4, 0.5) is 0 Å². The average Bonchev–Trinajstić information content (AvgIpc) is 3.01. The first-order valence-corrected chi connectivity index (χ1v) is 10.9. The first-order chi connectivity index (χ1) is 14.6. The molecule has 1 aliphatic rings. The van der Waals surface area contributed by atoms with Crippen LogP contribution in [0.2, 0.25) is 0 Å². The van der Waals surface area contributed by atoms with Crippen LogP contribution in [0.15, 0.2) is 24.3 Å². The lowest BCUT2D eigenvalue weighted by Gasteiger charge is -2.20. The monoisotopic (exact) mass is 423 g/mol. The number of nitrogens with zero attached hydrogens (tertiary/aromatic N) is 4. The third-order valence-electron chi connectivity index (χ3n) is 5.29. The van der Waals surface area contributed by atoms with E-state index in [2.05, 4.69) is 49.0 Å². The van der Waals surface area contributed by atoms with Gasteiger partial charge in [0.2, 0.25) is 5.91 Å². The number of amides is 1. The molecule has 1 aromatic carbocycles. The van der Waals surface area contributed by atoms with E-state index in [0.29, 0.717) is 0 Å². The molecule has 1 aromatic heterocycles. The summed E-state index contributed by atoms with van der Waals surface area (Å²) >= 11 is 0. The number of aromatic nitrogens is 3. The Bertz CT molecular complexity index is 961. The Labute approximate surface area is 184 Å². The molecule has 2 aromatic rings. The summed E-state index contributed by atoms with van der Waals surface area (Å²) in [4.78, 5) is 14.5. The van der Waals surface area contributed by atoms with Gasteiger partial charge in [0.15, 0.2) is 5.82 Å². The highest BCUT2D eigenvalue weighted by molar-refractivity contribution is 5.78. The molecule has 0 spiro atoms. The Morgan fingerprint density at radius 2 is 1.87 bits per heavy atom. The van der Waals surface area contributed by atoms with E-state index in [1.165, 1.54) is 5.56 Å². The molecule has 1 atom stereocenters. The summed E-state index contributed by atoms with van der Waals surface area (Å²) in [5, 5.41) is 21.5. The van der Waals surface area contributed by atoms with Crippen LogP contribution in [0.1, 0.15) is 63.4 Å². The van der Waals surface area contributed by atoms with E-state index in [-0.39, 0.29) is 17.9 Å². The number of benzene rings is 1. The smallest absolute Gasteiger partial charge is 0.223 e. The van der Waals surface area contributed by atoms with Gasteiger partial charge in [0.25, 0.3) is 0 Å². The number of hydrogen-bond donors (Lipinski definition) is 2. The second-order valence-corrected chi connectivity index (χ2v) is 9.04. The summed E-state index contributed by atoms with van der Waals surface area (Å²) in [6, 6.07) is 8.01. The Kier molecular flexibility index (Phi) is 7.14. The fraction of sp³-hybridized carbons (Fsp3) is 0.542. The van der Waals surface area contributed by atoms with E-state index in [1.54, 1.807) is 13.8 Å². The molecular formula is C24H33N5O2. The largest absolute Gasteiger partial charge is 0.378 e. The van der Waals surface area contributed by atoms with E-state index >= 15 is 0 Å². The molecule has 0 radical (unpaired) electrons. The molecule has 166 valence electrons. The Morgan fingerprint density at radius 3 is 2.52 bits per heavy atom. The van der Waals surface area contributed by atoms with Gasteiger partial charge in [-0.25, -0.2) is 0 Å². The van der Waals surface area contributed by atoms with Gasteiger partial charge in [0.05, 0.1) is 6.04 Å². The van der Waals surface area contributed by atoms with Gasteiger partial charge in [-0.3, -0.25) is 9.69 Å². The molecule has 0 fully saturated rings. The van der Waals surface area contributed by atoms with Crippen LogP contribution < -0.4 is 5.32 Å². The summed E-state index contributed by atoms with van der Waals surface area (Å²) in [5.41, 5.74) is 1.14. The van der Waals surface area contributed by atoms with E-state index in [0.717, 1.165) is 49.8 Å². The quantitative estimate of drug-likeness (QED) is 0.721. The zero-order valence-corrected chi connectivity index (χ0v) is 19.1. The van der Waals surface area contributed by atoms with Crippen molar-refractivity contribution in [1.82, 2.24) is 25.0 Å². The van der Waals surface area contributed by atoms with E-state index in [4.69, 9.17) is 0 Å². The molecule has 0 saturated heterocycles. The summed E-state index contributed by atoms with van der Waals surface area (Å²) in [6.45, 7) is 12.5. The van der Waals surface area contributed by atoms with Gasteiger partial charge in [-0.15, -0.1) is 10.2 Å². The standard InChI is InChI=1S/C24H33N5O2/c1-17(2)23(30)25-18(3)22-27-26-21-11-13-28(14-15-29(21)22)16-20-8-6-19(7-9-20)10-12-24(4,5)31/h6-9,17-18,31H,11,13-16H2,1-5H3,(H,25,30). The number of carbonyl (C=O) groups excluding carboxylic acids is 1. The van der Waals surface area contributed by atoms with Crippen LogP contribution in [0.3, 0.4) is 0 Å². The second-order valence-electron chi connectivity index (χ2n) is 9.04. The molecule has 7 heteroatoms. The van der Waals surface area contributed by atoms with Crippen molar-refractivity contribution in [2.24, 2.45) is 5.92 Å². The molecule has 2 N–H and O–H groups in total. The summed E-state index contributed by atoms with van der Waals surface area (Å²) in [5.74, 6) is 7.61. The van der Waals surface area contributed by atoms with Gasteiger partial charge in [0, 0.05) is 44.1 Å². The Morgan fingerprint density at radius 1 is 1.16 bits per heavy atom. The van der Waals surface area contributed by atoms with Crippen LogP contribution in [-0.2, 0) is 24.3 Å². The molecule has 3 rings (SSSR count). The molecule has 0 aliphatic carbocycles. The van der Waals surface area contributed by atoms with Crippen molar-refractivity contribution in [2.75, 3.05) is 13.1 Å². The first kappa shape index (κ1) is 23.0. The Balaban J connectivity index is 1.61. The van der Waals surface area contributed by atoms with Gasteiger partial charge in [0.1, 0.15) is 11.4 Å². The minimum atomic E-state index is -0.988. The molecule has 7 nitrogen and oxygen atoms in total. The Hall–Kier alpha value is -2.69. The van der Waals surface area contributed by atoms with Crippen molar-refractivity contribution >= 4 is 5.91 Å². The minimum Gasteiger partial charge on any atom is -0.378 e. The van der Waals surface area contributed by atoms with Crippen LogP contribution in [0.25, 0.3) is 0 Å². The number of aliphatic hydroxyl groups is 1. The molecular weight excluding hydrogens is 390 g/mol. The first-order valence-electron chi connectivity index (χ1n) is 10.9. The molecule has 0 bridgehead atoms. The zero-order chi connectivity index (χ0) is 22.6. The van der Waals surface area contributed by atoms with Crippen molar-refractivity contribution in [1.29, 1.82) is 0 Å². The van der Waals surface area contributed by atoms with Crippen molar-refractivity contribution < 1.29 is 9.90 Å². The van der Waals surface area contributed by atoms with Crippen LogP contribution in [-0.4, -0.2) is 49.4 Å². The maximum Gasteiger partial charge on any atom is 0.223 e. The molecule has 1 aliphatic heterocycles. The SMILES string of the molecule is CC(C)C(=O)NC(C)c1nnc2n1CCN(Cc1ccc(C#CC(C)(C)O)cc1)CC2. The number of nitrogens with one attached hydrogen (secondary N) is 1. The number of carbonyl (C=O) groups is 1. The normalized spacial score (nSPS) is 15.6. The summed E-state index contributed by atoms with van der Waals surface area (Å²) in [7, 11) is 0. The van der Waals surface area contributed by atoms with Crippen molar-refractivity contribution in [2.45, 2.75) is 65.8 Å². The highest BCUT2D eigenvalue weighted by Gasteiger charge is 2.23.